The zero-order valence-corrected chi connectivity index (χ0v) is 13.0. The topological polar surface area (TPSA) is 41.1 Å². The number of thioether (sulfide) groups is 1. The van der Waals surface area contributed by atoms with Gasteiger partial charge < -0.3 is 10.6 Å². The highest BCUT2D eigenvalue weighted by Gasteiger charge is 2.36. The molecule has 0 aromatic heterocycles. The quantitative estimate of drug-likeness (QED) is 0.838. The summed E-state index contributed by atoms with van der Waals surface area (Å²) in [5.74, 6) is 1.48. The van der Waals surface area contributed by atoms with Crippen LogP contribution in [0.25, 0.3) is 0 Å². The fourth-order valence-electron chi connectivity index (χ4n) is 2.71. The van der Waals surface area contributed by atoms with E-state index < -0.39 is 0 Å². The van der Waals surface area contributed by atoms with E-state index in [9.17, 15) is 4.79 Å². The van der Waals surface area contributed by atoms with Gasteiger partial charge in [0.05, 0.1) is 5.41 Å². The Bertz CT molecular complexity index is 287. The summed E-state index contributed by atoms with van der Waals surface area (Å²) in [7, 11) is 0. The third-order valence-corrected chi connectivity index (χ3v) is 5.61. The monoisotopic (exact) mass is 292 g/mol. The highest BCUT2D eigenvalue weighted by atomic mass is 35.5. The molecule has 3 nitrogen and oxygen atoms in total. The Labute approximate surface area is 121 Å². The number of halogens is 1. The molecule has 5 heteroatoms. The first-order valence-corrected chi connectivity index (χ1v) is 7.66. The number of piperidine rings is 1. The molecule has 2 heterocycles. The van der Waals surface area contributed by atoms with E-state index in [1.54, 1.807) is 0 Å². The predicted molar refractivity (Wildman–Crippen MR) is 80.6 cm³/mol. The van der Waals surface area contributed by atoms with Crippen molar-refractivity contribution in [2.45, 2.75) is 44.3 Å². The molecule has 2 aliphatic heterocycles. The van der Waals surface area contributed by atoms with E-state index in [1.807, 2.05) is 11.8 Å². The van der Waals surface area contributed by atoms with Gasteiger partial charge in [-0.05, 0) is 51.8 Å². The molecule has 0 aromatic rings. The molecular weight excluding hydrogens is 268 g/mol. The van der Waals surface area contributed by atoms with Crippen LogP contribution in [0.15, 0.2) is 0 Å². The van der Waals surface area contributed by atoms with E-state index in [-0.39, 0.29) is 28.5 Å². The largest absolute Gasteiger partial charge is 0.354 e. The first-order valence-electron chi connectivity index (χ1n) is 6.67. The molecule has 0 bridgehead atoms. The Morgan fingerprint density at radius 3 is 2.67 bits per heavy atom. The number of hydrogen-bond acceptors (Lipinski definition) is 3. The second kappa shape index (κ2) is 6.49. The molecule has 18 heavy (non-hydrogen) atoms. The fourth-order valence-corrected chi connectivity index (χ4v) is 3.95. The number of carbonyl (C=O) groups excluding carboxylic acids is 1. The number of hydrogen-bond donors (Lipinski definition) is 2. The van der Waals surface area contributed by atoms with Gasteiger partial charge in [-0.25, -0.2) is 0 Å². The molecule has 2 saturated heterocycles. The average Bonchev–Trinajstić information content (AvgIpc) is 2.75. The fraction of sp³-hybridized carbons (Fsp3) is 0.923. The van der Waals surface area contributed by atoms with E-state index in [4.69, 9.17) is 0 Å². The molecule has 2 rings (SSSR count). The lowest BCUT2D eigenvalue weighted by atomic mass is 9.82. The van der Waals surface area contributed by atoms with Crippen molar-refractivity contribution in [1.82, 2.24) is 10.6 Å². The molecule has 2 aliphatic rings. The van der Waals surface area contributed by atoms with Crippen molar-refractivity contribution in [1.29, 1.82) is 0 Å². The van der Waals surface area contributed by atoms with Crippen LogP contribution in [0.3, 0.4) is 0 Å². The second-order valence-electron chi connectivity index (χ2n) is 5.93. The van der Waals surface area contributed by atoms with Gasteiger partial charge >= 0.3 is 0 Å². The van der Waals surface area contributed by atoms with E-state index >= 15 is 0 Å². The molecule has 2 atom stereocenters. The van der Waals surface area contributed by atoms with Crippen LogP contribution in [0, 0.1) is 5.41 Å². The summed E-state index contributed by atoms with van der Waals surface area (Å²) in [5, 5.41) is 6.50. The molecule has 0 aromatic carbocycles. The smallest absolute Gasteiger partial charge is 0.227 e. The third-order valence-electron chi connectivity index (χ3n) is 4.07. The molecule has 0 radical (unpaired) electrons. The Kier molecular flexibility index (Phi) is 5.81. The summed E-state index contributed by atoms with van der Waals surface area (Å²) in [5.41, 5.74) is -0.197. The second-order valence-corrected chi connectivity index (χ2v) is 7.61. The molecule has 2 fully saturated rings. The number of nitrogens with one attached hydrogen (secondary N) is 2. The van der Waals surface area contributed by atoms with Crippen LogP contribution in [0.5, 0.6) is 0 Å². The van der Waals surface area contributed by atoms with Crippen molar-refractivity contribution in [3.8, 4) is 0 Å². The van der Waals surface area contributed by atoms with Gasteiger partial charge in [0.25, 0.3) is 0 Å². The SMILES string of the molecule is CC1(CNC(=O)C2(C)CCCNC2)CCCS1.Cl. The minimum Gasteiger partial charge on any atom is -0.354 e. The van der Waals surface area contributed by atoms with E-state index in [2.05, 4.69) is 24.5 Å². The van der Waals surface area contributed by atoms with Gasteiger partial charge in [-0.2, -0.15) is 11.8 Å². The Hall–Kier alpha value is 0.0700. The van der Waals surface area contributed by atoms with E-state index in [0.29, 0.717) is 0 Å². The molecule has 2 N–H and O–H groups in total. The van der Waals surface area contributed by atoms with Crippen LogP contribution in [0.4, 0.5) is 0 Å². The molecule has 106 valence electrons. The van der Waals surface area contributed by atoms with Crippen molar-refractivity contribution in [3.05, 3.63) is 0 Å². The summed E-state index contributed by atoms with van der Waals surface area (Å²) < 4.78 is 0.272. The maximum atomic E-state index is 12.3. The highest BCUT2D eigenvalue weighted by Crippen LogP contribution is 2.37. The lowest BCUT2D eigenvalue weighted by molar-refractivity contribution is -0.131. The zero-order valence-electron chi connectivity index (χ0n) is 11.4. The molecular formula is C13H25ClN2OS. The molecule has 1 amide bonds. The maximum Gasteiger partial charge on any atom is 0.227 e. The summed E-state index contributed by atoms with van der Waals surface area (Å²) in [4.78, 5) is 12.3. The van der Waals surface area contributed by atoms with Gasteiger partial charge in [-0.3, -0.25) is 4.79 Å². The Morgan fingerprint density at radius 2 is 2.11 bits per heavy atom. The minimum absolute atomic E-state index is 0. The number of carbonyl (C=O) groups is 1. The van der Waals surface area contributed by atoms with Crippen molar-refractivity contribution in [2.75, 3.05) is 25.4 Å². The van der Waals surface area contributed by atoms with Gasteiger partial charge in [-0.1, -0.05) is 0 Å². The Balaban J connectivity index is 0.00000162. The minimum atomic E-state index is -0.197. The van der Waals surface area contributed by atoms with Crippen LogP contribution < -0.4 is 10.6 Å². The maximum absolute atomic E-state index is 12.3. The van der Waals surface area contributed by atoms with E-state index in [1.165, 1.54) is 18.6 Å². The van der Waals surface area contributed by atoms with E-state index in [0.717, 1.165) is 32.5 Å². The molecule has 0 aliphatic carbocycles. The summed E-state index contributed by atoms with van der Waals surface area (Å²) in [6, 6.07) is 0. The third kappa shape index (κ3) is 3.78. The lowest BCUT2D eigenvalue weighted by Gasteiger charge is -2.34. The van der Waals surface area contributed by atoms with Crippen LogP contribution in [0.2, 0.25) is 0 Å². The van der Waals surface area contributed by atoms with Crippen molar-refractivity contribution >= 4 is 30.1 Å². The van der Waals surface area contributed by atoms with Crippen molar-refractivity contribution in [2.24, 2.45) is 5.41 Å². The van der Waals surface area contributed by atoms with Crippen molar-refractivity contribution in [3.63, 3.8) is 0 Å². The standard InChI is InChI=1S/C13H24N2OS.ClH/c1-12(5-3-7-14-9-12)11(16)15-10-13(2)6-4-8-17-13;/h14H,3-10H2,1-2H3,(H,15,16);1H. The van der Waals surface area contributed by atoms with Crippen LogP contribution in [0.1, 0.15) is 39.5 Å². The van der Waals surface area contributed by atoms with Gasteiger partial charge in [0.15, 0.2) is 0 Å². The Morgan fingerprint density at radius 1 is 1.33 bits per heavy atom. The number of amides is 1. The normalized spacial score (nSPS) is 35.9. The van der Waals surface area contributed by atoms with Crippen molar-refractivity contribution < 1.29 is 4.79 Å². The van der Waals surface area contributed by atoms with Crippen LogP contribution in [-0.2, 0) is 4.79 Å². The summed E-state index contributed by atoms with van der Waals surface area (Å²) in [6.45, 7) is 7.05. The van der Waals surface area contributed by atoms with Gasteiger partial charge in [0.1, 0.15) is 0 Å². The van der Waals surface area contributed by atoms with Gasteiger partial charge in [-0.15, -0.1) is 12.4 Å². The van der Waals surface area contributed by atoms with Gasteiger partial charge in [0.2, 0.25) is 5.91 Å². The van der Waals surface area contributed by atoms with Gasteiger partial charge in [0, 0.05) is 17.8 Å². The molecule has 2 unspecified atom stereocenters. The first-order chi connectivity index (χ1) is 8.04. The summed E-state index contributed by atoms with van der Waals surface area (Å²) >= 11 is 2.00. The lowest BCUT2D eigenvalue weighted by Crippen LogP contribution is -2.50. The zero-order chi connectivity index (χ0) is 12.4. The average molecular weight is 293 g/mol. The summed E-state index contributed by atoms with van der Waals surface area (Å²) in [6.07, 6.45) is 4.63. The first kappa shape index (κ1) is 16.1. The predicted octanol–water partition coefficient (Wildman–Crippen LogP) is 2.20. The number of rotatable bonds is 3. The molecule has 0 saturated carbocycles. The van der Waals surface area contributed by atoms with Crippen LogP contribution in [-0.4, -0.2) is 36.0 Å². The highest BCUT2D eigenvalue weighted by molar-refractivity contribution is 8.00. The molecule has 0 spiro atoms. The van der Waals surface area contributed by atoms with Crippen LogP contribution >= 0.6 is 24.2 Å².